The van der Waals surface area contributed by atoms with E-state index in [1.165, 1.54) is 6.66 Å². The lowest BCUT2D eigenvalue weighted by Gasteiger charge is -2.20. The fourth-order valence-corrected chi connectivity index (χ4v) is 2.20. The van der Waals surface area contributed by atoms with Crippen molar-refractivity contribution in [3.8, 4) is 0 Å². The first kappa shape index (κ1) is 12.3. The third-order valence-corrected chi connectivity index (χ3v) is 2.59. The first-order valence-electron chi connectivity index (χ1n) is 4.37. The maximum absolute atomic E-state index is 11.2. The van der Waals surface area contributed by atoms with E-state index in [9.17, 15) is 4.57 Å². The second-order valence-electron chi connectivity index (χ2n) is 3.46. The average molecular weight is 214 g/mol. The summed E-state index contributed by atoms with van der Waals surface area (Å²) in [5.41, 5.74) is 0. The van der Waals surface area contributed by atoms with Gasteiger partial charge >= 0.3 is 0 Å². The fourth-order valence-electron chi connectivity index (χ4n) is 1.44. The van der Waals surface area contributed by atoms with Gasteiger partial charge in [-0.05, 0) is 6.42 Å². The van der Waals surface area contributed by atoms with Crippen LogP contribution in [0.1, 0.15) is 6.42 Å². The number of ether oxygens (including phenoxy) is 2. The third kappa shape index (κ3) is 3.77. The van der Waals surface area contributed by atoms with Crippen LogP contribution in [0.2, 0.25) is 0 Å². The lowest BCUT2D eigenvalue weighted by atomic mass is 9.96. The predicted octanol–water partition coefficient (Wildman–Crippen LogP) is 0.293. The van der Waals surface area contributed by atoms with Crippen LogP contribution in [0.25, 0.3) is 0 Å². The largest absolute Gasteiger partial charge is 0.382 e. The number of methoxy groups -OCH3 is 1. The van der Waals surface area contributed by atoms with Gasteiger partial charge in [-0.25, -0.2) is 0 Å². The molecule has 1 rings (SSSR count). The Kier molecular flexibility index (Phi) is 4.26. The summed E-state index contributed by atoms with van der Waals surface area (Å²) in [7, 11) is 9.45. The number of hydrogen-bond acceptors (Lipinski definition) is 4. The fraction of sp³-hybridized carbons (Fsp3) is 1.00. The predicted molar refractivity (Wildman–Crippen MR) is 55.1 cm³/mol. The Morgan fingerprint density at radius 1 is 1.64 bits per heavy atom. The highest BCUT2D eigenvalue weighted by molar-refractivity contribution is 7.82. The molecule has 0 saturated carbocycles. The van der Waals surface area contributed by atoms with Gasteiger partial charge in [-0.1, -0.05) is 0 Å². The first-order valence-corrected chi connectivity index (χ1v) is 6.51. The number of rotatable bonds is 4. The Labute approximate surface area is 86.9 Å². The highest BCUT2D eigenvalue weighted by atomic mass is 31.2. The van der Waals surface area contributed by atoms with Gasteiger partial charge in [-0.15, -0.1) is 0 Å². The molecule has 1 aliphatic rings. The van der Waals surface area contributed by atoms with Crippen LogP contribution < -0.4 is 0 Å². The zero-order chi connectivity index (χ0) is 10.8. The molecule has 4 radical (unpaired) electrons. The van der Waals surface area contributed by atoms with Gasteiger partial charge in [0, 0.05) is 19.8 Å². The van der Waals surface area contributed by atoms with Gasteiger partial charge in [0.15, 0.2) is 0 Å². The Morgan fingerprint density at radius 3 is 2.79 bits per heavy atom. The summed E-state index contributed by atoms with van der Waals surface area (Å²) in [6.45, 7) is 1.72. The molecule has 7 heteroatoms. The van der Waals surface area contributed by atoms with Crippen molar-refractivity contribution in [3.05, 3.63) is 0 Å². The van der Waals surface area contributed by atoms with E-state index >= 15 is 0 Å². The van der Waals surface area contributed by atoms with Crippen molar-refractivity contribution >= 4 is 22.7 Å². The summed E-state index contributed by atoms with van der Waals surface area (Å²) in [5.74, 6) is 0. The molecule has 0 spiro atoms. The van der Waals surface area contributed by atoms with Crippen molar-refractivity contribution in [1.29, 1.82) is 0 Å². The van der Waals surface area contributed by atoms with E-state index < -0.39 is 13.3 Å². The first-order chi connectivity index (χ1) is 6.42. The van der Waals surface area contributed by atoms with Gasteiger partial charge in [0.05, 0.1) is 12.7 Å². The minimum absolute atomic E-state index is 0.285. The minimum Gasteiger partial charge on any atom is -0.382 e. The quantitative estimate of drug-likeness (QED) is 0.498. The molecule has 0 aromatic rings. The smallest absolute Gasteiger partial charge is 0.202 e. The van der Waals surface area contributed by atoms with Crippen LogP contribution in [0.5, 0.6) is 0 Å². The van der Waals surface area contributed by atoms with Gasteiger partial charge in [0.25, 0.3) is 0 Å². The van der Waals surface area contributed by atoms with Crippen LogP contribution in [-0.2, 0) is 18.6 Å². The lowest BCUT2D eigenvalue weighted by Crippen LogP contribution is -2.28. The van der Waals surface area contributed by atoms with E-state index in [0.717, 1.165) is 0 Å². The van der Waals surface area contributed by atoms with Gasteiger partial charge in [-0.2, -0.15) is 0 Å². The van der Waals surface area contributed by atoms with E-state index in [-0.39, 0.29) is 12.2 Å². The molecular weight excluding hydrogens is 201 g/mol. The zero-order valence-corrected chi connectivity index (χ0v) is 9.28. The van der Waals surface area contributed by atoms with Crippen LogP contribution in [0.4, 0.5) is 0 Å². The monoisotopic (exact) mass is 214 g/mol. The second kappa shape index (κ2) is 4.84. The molecule has 4 atom stereocenters. The van der Waals surface area contributed by atoms with Crippen molar-refractivity contribution in [2.75, 3.05) is 20.4 Å². The van der Waals surface area contributed by atoms with Crippen LogP contribution >= 0.6 is 7.25 Å². The molecule has 0 bridgehead atoms. The molecule has 0 aromatic heterocycles. The Morgan fingerprint density at radius 2 is 2.29 bits per heavy atom. The van der Waals surface area contributed by atoms with Crippen LogP contribution in [0, 0.1) is 0 Å². The molecule has 0 N–H and O–H groups in total. The van der Waals surface area contributed by atoms with E-state index in [0.29, 0.717) is 13.0 Å². The summed E-state index contributed by atoms with van der Waals surface area (Å²) in [5, 5.41) is 0. The molecule has 14 heavy (non-hydrogen) atoms. The summed E-state index contributed by atoms with van der Waals surface area (Å²) >= 11 is 0. The van der Waals surface area contributed by atoms with Crippen molar-refractivity contribution in [1.82, 2.24) is 0 Å². The molecule has 1 aliphatic heterocycles. The number of hydrogen-bond donors (Lipinski definition) is 0. The van der Waals surface area contributed by atoms with Crippen LogP contribution in [-0.4, -0.2) is 54.0 Å². The maximum atomic E-state index is 11.2. The summed E-state index contributed by atoms with van der Waals surface area (Å²) in [4.78, 5) is 0. The standard InChI is InChI=1S/C7H13B2O4P/c1-11-4-6-5(3-7(8)12-6)13-14(2,9)10/h5-7H,3-4H2,1-2H3/t5-,6-,7-,14+/m1/s1. The summed E-state index contributed by atoms with van der Waals surface area (Å²) in [6.07, 6.45) is -0.138. The normalized spacial score (nSPS) is 36.9. The lowest BCUT2D eigenvalue weighted by molar-refractivity contribution is -0.00895. The molecule has 0 unspecified atom stereocenters. The molecule has 1 heterocycles. The van der Waals surface area contributed by atoms with Gasteiger partial charge in [0.1, 0.15) is 21.2 Å². The van der Waals surface area contributed by atoms with Gasteiger partial charge in [0.2, 0.25) is 7.57 Å². The minimum atomic E-state index is -2.99. The zero-order valence-electron chi connectivity index (χ0n) is 8.38. The third-order valence-electron chi connectivity index (χ3n) is 1.90. The Balaban J connectivity index is 2.53. The van der Waals surface area contributed by atoms with Crippen LogP contribution in [0.3, 0.4) is 0 Å². The van der Waals surface area contributed by atoms with E-state index in [1.54, 1.807) is 7.11 Å². The van der Waals surface area contributed by atoms with E-state index in [4.69, 9.17) is 29.4 Å². The molecule has 76 valence electrons. The topological polar surface area (TPSA) is 44.8 Å². The van der Waals surface area contributed by atoms with Crippen LogP contribution in [0.15, 0.2) is 0 Å². The van der Waals surface area contributed by atoms with Crippen molar-refractivity contribution in [3.63, 3.8) is 0 Å². The summed E-state index contributed by atoms with van der Waals surface area (Å²) in [6, 6.07) is -0.397. The molecule has 0 amide bonds. The SMILES string of the molecule is [B][C@H]1C[C@@H](O[P@]([B])(C)=O)[C@@H](COC)O1. The molecule has 0 aliphatic carbocycles. The maximum Gasteiger partial charge on any atom is 0.202 e. The van der Waals surface area contributed by atoms with Gasteiger partial charge < -0.3 is 18.6 Å². The van der Waals surface area contributed by atoms with Crippen molar-refractivity contribution in [2.24, 2.45) is 0 Å². The molecule has 4 nitrogen and oxygen atoms in total. The Hall–Kier alpha value is 0.240. The molecule has 1 fully saturated rings. The second-order valence-corrected chi connectivity index (χ2v) is 5.48. The molecular formula is C7H13B2O4P. The average Bonchev–Trinajstić information content (AvgIpc) is 2.28. The Bertz CT molecular complexity index is 232. The molecule has 1 saturated heterocycles. The van der Waals surface area contributed by atoms with E-state index in [1.807, 2.05) is 0 Å². The highest BCUT2D eigenvalue weighted by Crippen LogP contribution is 2.41. The van der Waals surface area contributed by atoms with Gasteiger partial charge in [-0.3, -0.25) is 0 Å². The van der Waals surface area contributed by atoms with Crippen molar-refractivity contribution < 1.29 is 18.6 Å². The highest BCUT2D eigenvalue weighted by Gasteiger charge is 2.35. The summed E-state index contributed by atoms with van der Waals surface area (Å²) < 4.78 is 26.7. The van der Waals surface area contributed by atoms with Crippen molar-refractivity contribution in [2.45, 2.75) is 24.6 Å². The van der Waals surface area contributed by atoms with E-state index in [2.05, 4.69) is 0 Å². The molecule has 0 aromatic carbocycles.